The molecule has 0 saturated carbocycles. The Hall–Kier alpha value is -5.24. The minimum atomic E-state index is -0.639. The van der Waals surface area contributed by atoms with Crippen LogP contribution in [0.2, 0.25) is 0 Å². The van der Waals surface area contributed by atoms with Crippen LogP contribution in [0, 0.1) is 11.8 Å². The van der Waals surface area contributed by atoms with Gasteiger partial charge in [-0.2, -0.15) is 0 Å². The van der Waals surface area contributed by atoms with Gasteiger partial charge in [0, 0.05) is 11.8 Å². The quantitative estimate of drug-likeness (QED) is 0.162. The highest BCUT2D eigenvalue weighted by Gasteiger charge is 2.43. The van der Waals surface area contributed by atoms with Gasteiger partial charge in [0.1, 0.15) is 13.2 Å². The number of carbonyl (C=O) groups excluding carboxylic acids is 4. The van der Waals surface area contributed by atoms with Crippen LogP contribution in [0.4, 0.5) is 9.59 Å². The molecule has 4 amide bonds. The standard InChI is InChI=1S/C40H40N2O6/c43-37(41-35(27-47-39(41)45)25-31-17-9-3-10-18-31)33(23-29-13-5-1-6-14-29)21-22-34(24-30-15-7-2-8-16-30)38(44)42-36(28-48-40(42)46)26-32-19-11-4-12-20-32/h1-20,33-36H,21-28H2. The lowest BCUT2D eigenvalue weighted by atomic mass is 9.86. The number of cyclic esters (lactones) is 2. The molecular weight excluding hydrogens is 604 g/mol. The first kappa shape index (κ1) is 32.7. The van der Waals surface area contributed by atoms with E-state index in [1.54, 1.807) is 0 Å². The Morgan fingerprint density at radius 2 is 0.833 bits per heavy atom. The van der Waals surface area contributed by atoms with Gasteiger partial charge in [0.2, 0.25) is 11.8 Å². The highest BCUT2D eigenvalue weighted by Crippen LogP contribution is 2.29. The molecule has 48 heavy (non-hydrogen) atoms. The van der Waals surface area contributed by atoms with E-state index in [2.05, 4.69) is 0 Å². The van der Waals surface area contributed by atoms with Crippen molar-refractivity contribution in [1.82, 2.24) is 9.80 Å². The van der Waals surface area contributed by atoms with E-state index in [-0.39, 0.29) is 25.0 Å². The molecule has 2 heterocycles. The number of ether oxygens (including phenoxy) is 2. The molecular formula is C40H40N2O6. The number of carbonyl (C=O) groups is 4. The molecule has 4 atom stereocenters. The van der Waals surface area contributed by atoms with Crippen LogP contribution in [0.1, 0.15) is 35.1 Å². The predicted molar refractivity (Wildman–Crippen MR) is 181 cm³/mol. The van der Waals surface area contributed by atoms with E-state index in [0.717, 1.165) is 22.3 Å². The van der Waals surface area contributed by atoms with Crippen LogP contribution in [0.3, 0.4) is 0 Å². The molecule has 0 spiro atoms. The van der Waals surface area contributed by atoms with Crippen molar-refractivity contribution in [2.45, 2.75) is 50.6 Å². The van der Waals surface area contributed by atoms with Crippen LogP contribution < -0.4 is 0 Å². The molecule has 4 unspecified atom stereocenters. The molecule has 4 aromatic carbocycles. The van der Waals surface area contributed by atoms with Gasteiger partial charge in [-0.25, -0.2) is 19.4 Å². The summed E-state index contributed by atoms with van der Waals surface area (Å²) in [5.74, 6) is -1.80. The van der Waals surface area contributed by atoms with Gasteiger partial charge in [-0.15, -0.1) is 0 Å². The number of hydrogen-bond donors (Lipinski definition) is 0. The summed E-state index contributed by atoms with van der Waals surface area (Å²) in [5, 5.41) is 0. The molecule has 0 N–H and O–H groups in total. The van der Waals surface area contributed by atoms with Gasteiger partial charge < -0.3 is 9.47 Å². The number of hydrogen-bond acceptors (Lipinski definition) is 6. The van der Waals surface area contributed by atoms with Gasteiger partial charge in [0.05, 0.1) is 12.1 Å². The van der Waals surface area contributed by atoms with Gasteiger partial charge in [-0.05, 0) is 60.8 Å². The molecule has 2 aliphatic rings. The Morgan fingerprint density at radius 3 is 1.17 bits per heavy atom. The largest absolute Gasteiger partial charge is 0.447 e. The zero-order chi connectivity index (χ0) is 33.3. The second kappa shape index (κ2) is 15.6. The maximum atomic E-state index is 14.3. The molecule has 8 heteroatoms. The average molecular weight is 645 g/mol. The first-order chi connectivity index (χ1) is 23.5. The van der Waals surface area contributed by atoms with Gasteiger partial charge in [0.25, 0.3) is 0 Å². The summed E-state index contributed by atoms with van der Waals surface area (Å²) >= 11 is 0. The van der Waals surface area contributed by atoms with Crippen molar-refractivity contribution >= 4 is 24.0 Å². The SMILES string of the molecule is O=C1OCC(Cc2ccccc2)N1C(=O)C(CCC(Cc1ccccc1)C(=O)N1C(=O)OCC1Cc1ccccc1)Cc1ccccc1. The number of imide groups is 2. The molecule has 2 aliphatic heterocycles. The Morgan fingerprint density at radius 1 is 0.521 bits per heavy atom. The van der Waals surface area contributed by atoms with Crippen LogP contribution in [0.5, 0.6) is 0 Å². The van der Waals surface area contributed by atoms with Crippen molar-refractivity contribution in [3.05, 3.63) is 144 Å². The summed E-state index contributed by atoms with van der Waals surface area (Å²) in [6, 6.07) is 38.0. The Kier molecular flexibility index (Phi) is 10.6. The Bertz CT molecular complexity index is 1560. The number of nitrogens with zero attached hydrogens (tertiary/aromatic N) is 2. The lowest BCUT2D eigenvalue weighted by Gasteiger charge is -2.28. The fraction of sp³-hybridized carbons (Fsp3) is 0.300. The van der Waals surface area contributed by atoms with Gasteiger partial charge in [-0.3, -0.25) is 9.59 Å². The molecule has 246 valence electrons. The molecule has 6 rings (SSSR count). The second-order valence-corrected chi connectivity index (χ2v) is 12.6. The first-order valence-corrected chi connectivity index (χ1v) is 16.6. The first-order valence-electron chi connectivity index (χ1n) is 16.6. The van der Waals surface area contributed by atoms with E-state index < -0.39 is 36.1 Å². The second-order valence-electron chi connectivity index (χ2n) is 12.6. The fourth-order valence-corrected chi connectivity index (χ4v) is 6.75. The van der Waals surface area contributed by atoms with Crippen molar-refractivity contribution in [3.63, 3.8) is 0 Å². The van der Waals surface area contributed by atoms with Gasteiger partial charge in [-0.1, -0.05) is 121 Å². The zero-order valence-corrected chi connectivity index (χ0v) is 26.9. The van der Waals surface area contributed by atoms with E-state index in [1.807, 2.05) is 121 Å². The van der Waals surface area contributed by atoms with E-state index in [9.17, 15) is 19.2 Å². The lowest BCUT2D eigenvalue weighted by molar-refractivity contribution is -0.136. The topological polar surface area (TPSA) is 93.2 Å². The van der Waals surface area contributed by atoms with E-state index in [0.29, 0.717) is 38.5 Å². The average Bonchev–Trinajstić information content (AvgIpc) is 3.67. The maximum Gasteiger partial charge on any atom is 0.416 e. The molecule has 4 aromatic rings. The van der Waals surface area contributed by atoms with E-state index in [4.69, 9.17) is 9.47 Å². The highest BCUT2D eigenvalue weighted by atomic mass is 16.6. The predicted octanol–water partition coefficient (Wildman–Crippen LogP) is 6.66. The summed E-state index contributed by atoms with van der Waals surface area (Å²) in [4.78, 5) is 57.3. The molecule has 2 fully saturated rings. The van der Waals surface area contributed by atoms with E-state index >= 15 is 0 Å². The number of rotatable bonds is 13. The molecule has 0 aliphatic carbocycles. The Balaban J connectivity index is 1.25. The molecule has 0 aromatic heterocycles. The van der Waals surface area contributed by atoms with Crippen molar-refractivity contribution in [3.8, 4) is 0 Å². The van der Waals surface area contributed by atoms with Crippen LogP contribution in [0.25, 0.3) is 0 Å². The van der Waals surface area contributed by atoms with E-state index in [1.165, 1.54) is 9.80 Å². The van der Waals surface area contributed by atoms with Crippen molar-refractivity contribution in [2.75, 3.05) is 13.2 Å². The summed E-state index contributed by atoms with van der Waals surface area (Å²) in [7, 11) is 0. The molecule has 2 saturated heterocycles. The number of benzene rings is 4. The van der Waals surface area contributed by atoms with Crippen LogP contribution in [-0.4, -0.2) is 59.1 Å². The minimum absolute atomic E-state index is 0.131. The Labute approximate surface area is 281 Å². The van der Waals surface area contributed by atoms with Crippen LogP contribution in [0.15, 0.2) is 121 Å². The summed E-state index contributed by atoms with van der Waals surface area (Å²) in [5.41, 5.74) is 3.93. The van der Waals surface area contributed by atoms with Crippen molar-refractivity contribution in [1.29, 1.82) is 0 Å². The van der Waals surface area contributed by atoms with Crippen LogP contribution >= 0.6 is 0 Å². The fourth-order valence-electron chi connectivity index (χ4n) is 6.75. The monoisotopic (exact) mass is 644 g/mol. The minimum Gasteiger partial charge on any atom is -0.447 e. The highest BCUT2D eigenvalue weighted by molar-refractivity contribution is 5.96. The third kappa shape index (κ3) is 8.00. The molecule has 8 nitrogen and oxygen atoms in total. The third-order valence-corrected chi connectivity index (χ3v) is 9.24. The molecule has 0 radical (unpaired) electrons. The lowest BCUT2D eigenvalue weighted by Crippen LogP contribution is -2.45. The van der Waals surface area contributed by atoms with Crippen LogP contribution in [-0.2, 0) is 44.7 Å². The number of amides is 4. The smallest absolute Gasteiger partial charge is 0.416 e. The van der Waals surface area contributed by atoms with Crippen molar-refractivity contribution in [2.24, 2.45) is 11.8 Å². The zero-order valence-electron chi connectivity index (χ0n) is 26.9. The van der Waals surface area contributed by atoms with Crippen molar-refractivity contribution < 1.29 is 28.7 Å². The third-order valence-electron chi connectivity index (χ3n) is 9.24. The van der Waals surface area contributed by atoms with Gasteiger partial charge in [0.15, 0.2) is 0 Å². The van der Waals surface area contributed by atoms with Gasteiger partial charge >= 0.3 is 12.2 Å². The summed E-state index contributed by atoms with van der Waals surface area (Å²) in [6.07, 6.45) is 1.18. The summed E-state index contributed by atoms with van der Waals surface area (Å²) < 4.78 is 10.8. The maximum absolute atomic E-state index is 14.3. The normalized spacial score (nSPS) is 18.7. The molecule has 0 bridgehead atoms. The summed E-state index contributed by atoms with van der Waals surface area (Å²) in [6.45, 7) is 0.263.